The number of carbonyl (C=O) groups excluding carboxylic acids is 2. The molecule has 0 fully saturated rings. The van der Waals surface area contributed by atoms with Gasteiger partial charge in [-0.1, -0.05) is 0 Å². The number of rotatable bonds is 8. The Morgan fingerprint density at radius 2 is 1.86 bits per heavy atom. The molecule has 21 heavy (non-hydrogen) atoms. The van der Waals surface area contributed by atoms with Gasteiger partial charge in [0, 0.05) is 0 Å². The maximum atomic E-state index is 11.6. The highest BCUT2D eigenvalue weighted by molar-refractivity contribution is 5.86. The number of aliphatic carboxylic acids is 1. The van der Waals surface area contributed by atoms with Crippen LogP contribution in [-0.4, -0.2) is 47.8 Å². The second-order valence-electron chi connectivity index (χ2n) is 5.60. The second kappa shape index (κ2) is 9.17. The Hall–Kier alpha value is -1.83. The number of ether oxygens (including phenoxy) is 1. The van der Waals surface area contributed by atoms with Crippen molar-refractivity contribution in [2.24, 2.45) is 5.73 Å². The fourth-order valence-electron chi connectivity index (χ4n) is 1.46. The molecule has 0 heterocycles. The van der Waals surface area contributed by atoms with Gasteiger partial charge in [-0.25, -0.2) is 9.59 Å². The van der Waals surface area contributed by atoms with Crippen molar-refractivity contribution in [2.75, 3.05) is 13.1 Å². The fraction of sp³-hybridized carbons (Fsp3) is 0.769. The van der Waals surface area contributed by atoms with Gasteiger partial charge in [-0.05, 0) is 46.6 Å². The molecule has 0 bridgehead atoms. The third kappa shape index (κ3) is 10.6. The zero-order valence-electron chi connectivity index (χ0n) is 12.8. The van der Waals surface area contributed by atoms with Gasteiger partial charge in [-0.3, -0.25) is 4.79 Å². The van der Waals surface area contributed by atoms with E-state index >= 15 is 0 Å². The number of unbranched alkanes of at least 4 members (excludes halogenated alkanes) is 1. The largest absolute Gasteiger partial charge is 0.480 e. The van der Waals surface area contributed by atoms with Crippen LogP contribution < -0.4 is 16.4 Å². The summed E-state index contributed by atoms with van der Waals surface area (Å²) in [6.07, 6.45) is 0.862. The highest BCUT2D eigenvalue weighted by Gasteiger charge is 2.20. The van der Waals surface area contributed by atoms with Gasteiger partial charge in [0.2, 0.25) is 5.91 Å². The van der Waals surface area contributed by atoms with E-state index in [9.17, 15) is 14.4 Å². The molecule has 0 aliphatic rings. The van der Waals surface area contributed by atoms with Crippen LogP contribution in [0.15, 0.2) is 0 Å². The van der Waals surface area contributed by atoms with Gasteiger partial charge in [0.05, 0.1) is 0 Å². The average Bonchev–Trinajstić information content (AvgIpc) is 2.33. The van der Waals surface area contributed by atoms with Crippen LogP contribution in [-0.2, 0) is 14.3 Å². The van der Waals surface area contributed by atoms with E-state index in [4.69, 9.17) is 15.6 Å². The van der Waals surface area contributed by atoms with E-state index in [0.29, 0.717) is 25.8 Å². The zero-order valence-corrected chi connectivity index (χ0v) is 12.8. The van der Waals surface area contributed by atoms with Gasteiger partial charge in [0.15, 0.2) is 0 Å². The van der Waals surface area contributed by atoms with Crippen molar-refractivity contribution >= 4 is 18.0 Å². The molecule has 0 saturated carbocycles. The van der Waals surface area contributed by atoms with Crippen LogP contribution in [0.4, 0.5) is 4.79 Å². The van der Waals surface area contributed by atoms with Gasteiger partial charge in [0.1, 0.15) is 18.2 Å². The molecule has 0 aliphatic carbocycles. The van der Waals surface area contributed by atoms with Gasteiger partial charge in [0.25, 0.3) is 0 Å². The van der Waals surface area contributed by atoms with E-state index in [1.165, 1.54) is 0 Å². The minimum atomic E-state index is -1.11. The van der Waals surface area contributed by atoms with Crippen LogP contribution in [0, 0.1) is 0 Å². The lowest BCUT2D eigenvalue weighted by molar-refractivity contribution is -0.141. The van der Waals surface area contributed by atoms with Crippen molar-refractivity contribution in [2.45, 2.75) is 51.7 Å². The summed E-state index contributed by atoms with van der Waals surface area (Å²) < 4.78 is 4.96. The Morgan fingerprint density at radius 1 is 1.24 bits per heavy atom. The first-order valence-corrected chi connectivity index (χ1v) is 6.85. The molecule has 122 valence electrons. The number of hydrogen-bond donors (Lipinski definition) is 4. The van der Waals surface area contributed by atoms with E-state index in [1.807, 2.05) is 0 Å². The lowest BCUT2D eigenvalue weighted by Gasteiger charge is -2.20. The summed E-state index contributed by atoms with van der Waals surface area (Å²) >= 11 is 0. The Balaban J connectivity index is 4.14. The van der Waals surface area contributed by atoms with Gasteiger partial charge in [-0.15, -0.1) is 0 Å². The monoisotopic (exact) mass is 303 g/mol. The van der Waals surface area contributed by atoms with Gasteiger partial charge < -0.3 is 26.2 Å². The normalized spacial score (nSPS) is 12.4. The highest BCUT2D eigenvalue weighted by atomic mass is 16.6. The number of carboxylic acids is 1. The third-order valence-electron chi connectivity index (χ3n) is 2.37. The van der Waals surface area contributed by atoms with E-state index in [2.05, 4.69) is 10.6 Å². The van der Waals surface area contributed by atoms with E-state index < -0.39 is 29.6 Å². The summed E-state index contributed by atoms with van der Waals surface area (Å²) in [5.74, 6) is -1.70. The lowest BCUT2D eigenvalue weighted by Crippen LogP contribution is -2.46. The number of nitrogens with one attached hydrogen (secondary N) is 2. The van der Waals surface area contributed by atoms with Crippen LogP contribution in [0.3, 0.4) is 0 Å². The molecular weight excluding hydrogens is 278 g/mol. The molecule has 1 atom stereocenters. The Kier molecular flexibility index (Phi) is 8.37. The molecule has 0 unspecified atom stereocenters. The minimum Gasteiger partial charge on any atom is -0.480 e. The van der Waals surface area contributed by atoms with Crippen molar-refractivity contribution in [3.8, 4) is 0 Å². The molecule has 2 amide bonds. The molecule has 0 rings (SSSR count). The molecular formula is C13H25N3O5. The summed E-state index contributed by atoms with van der Waals surface area (Å²) in [6, 6.07) is -0.982. The number of carboxylic acid groups (broad SMARTS) is 1. The fourth-order valence-corrected chi connectivity index (χ4v) is 1.46. The van der Waals surface area contributed by atoms with Crippen LogP contribution in [0.2, 0.25) is 0 Å². The topological polar surface area (TPSA) is 131 Å². The summed E-state index contributed by atoms with van der Waals surface area (Å²) in [5, 5.41) is 13.6. The van der Waals surface area contributed by atoms with Gasteiger partial charge >= 0.3 is 12.1 Å². The molecule has 0 spiro atoms. The average molecular weight is 303 g/mol. The quantitative estimate of drug-likeness (QED) is 0.474. The molecule has 0 aromatic heterocycles. The maximum absolute atomic E-state index is 11.6. The van der Waals surface area contributed by atoms with E-state index in [0.717, 1.165) is 0 Å². The van der Waals surface area contributed by atoms with Crippen LogP contribution >= 0.6 is 0 Å². The number of carbonyl (C=O) groups is 3. The number of alkyl carbamates (subject to hydrolysis) is 1. The second-order valence-corrected chi connectivity index (χ2v) is 5.60. The lowest BCUT2D eigenvalue weighted by atomic mass is 10.1. The van der Waals surface area contributed by atoms with Crippen molar-refractivity contribution in [1.29, 1.82) is 0 Å². The predicted octanol–water partition coefficient (Wildman–Crippen LogP) is 0.210. The van der Waals surface area contributed by atoms with Crippen molar-refractivity contribution in [1.82, 2.24) is 10.6 Å². The van der Waals surface area contributed by atoms with Crippen LogP contribution in [0.1, 0.15) is 40.0 Å². The van der Waals surface area contributed by atoms with E-state index in [1.54, 1.807) is 20.8 Å². The summed E-state index contributed by atoms with van der Waals surface area (Å²) in [4.78, 5) is 33.9. The molecule has 5 N–H and O–H groups in total. The molecule has 0 aliphatic heterocycles. The Labute approximate surface area is 124 Å². The van der Waals surface area contributed by atoms with Crippen molar-refractivity contribution in [3.05, 3.63) is 0 Å². The SMILES string of the molecule is CC(C)(C)OC(=O)NCC(=O)N[C@@H](CCCCN)C(=O)O. The molecule has 8 heteroatoms. The maximum Gasteiger partial charge on any atom is 0.408 e. The third-order valence-corrected chi connectivity index (χ3v) is 2.37. The van der Waals surface area contributed by atoms with Crippen molar-refractivity contribution in [3.63, 3.8) is 0 Å². The first-order valence-electron chi connectivity index (χ1n) is 6.85. The minimum absolute atomic E-state index is 0.296. The Morgan fingerprint density at radius 3 is 2.33 bits per heavy atom. The number of amides is 2. The molecule has 0 radical (unpaired) electrons. The summed E-state index contributed by atoms with van der Waals surface area (Å²) in [7, 11) is 0. The predicted molar refractivity (Wildman–Crippen MR) is 76.7 cm³/mol. The number of nitrogens with two attached hydrogens (primary N) is 1. The summed E-state index contributed by atoms with van der Waals surface area (Å²) in [5.41, 5.74) is 4.67. The molecule has 8 nitrogen and oxygen atoms in total. The Bertz CT molecular complexity index is 365. The standard InChI is InChI=1S/C13H25N3O5/c1-13(2,3)21-12(20)15-8-10(17)16-9(11(18)19)6-4-5-7-14/h9H,4-8,14H2,1-3H3,(H,15,20)(H,16,17)(H,18,19)/t9-/m0/s1. The zero-order chi connectivity index (χ0) is 16.5. The molecule has 0 saturated heterocycles. The van der Waals surface area contributed by atoms with Gasteiger partial charge in [-0.2, -0.15) is 0 Å². The first kappa shape index (κ1) is 19.2. The summed E-state index contributed by atoms with van der Waals surface area (Å²) in [6.45, 7) is 5.23. The van der Waals surface area contributed by atoms with E-state index in [-0.39, 0.29) is 6.54 Å². The number of hydrogen-bond acceptors (Lipinski definition) is 5. The van der Waals surface area contributed by atoms with Crippen molar-refractivity contribution < 1.29 is 24.2 Å². The molecule has 0 aromatic rings. The highest BCUT2D eigenvalue weighted by Crippen LogP contribution is 2.06. The van der Waals surface area contributed by atoms with Crippen LogP contribution in [0.25, 0.3) is 0 Å². The smallest absolute Gasteiger partial charge is 0.408 e. The first-order chi connectivity index (χ1) is 9.65. The molecule has 0 aromatic carbocycles. The van der Waals surface area contributed by atoms with Crippen LogP contribution in [0.5, 0.6) is 0 Å².